The van der Waals surface area contributed by atoms with Crippen LogP contribution in [0, 0.1) is 18.8 Å². The first-order valence-electron chi connectivity index (χ1n) is 10.8. The monoisotopic (exact) mass is 493 g/mol. The molecule has 2 aromatic rings. The third kappa shape index (κ3) is 6.00. The van der Waals surface area contributed by atoms with Gasteiger partial charge in [0.2, 0.25) is 26.0 Å². The lowest BCUT2D eigenvalue weighted by atomic mass is 9.94. The number of amides is 1. The molecule has 33 heavy (non-hydrogen) atoms. The highest BCUT2D eigenvalue weighted by molar-refractivity contribution is 7.89. The normalized spacial score (nSPS) is 20.0. The highest BCUT2D eigenvalue weighted by atomic mass is 32.2. The molecular formula is C23H31N3O5S2. The van der Waals surface area contributed by atoms with Crippen LogP contribution < -0.4 is 5.32 Å². The van der Waals surface area contributed by atoms with Crippen molar-refractivity contribution in [2.45, 2.75) is 37.0 Å². The Labute approximate surface area is 196 Å². The van der Waals surface area contributed by atoms with Gasteiger partial charge in [0.15, 0.2) is 0 Å². The Morgan fingerprint density at radius 2 is 1.45 bits per heavy atom. The molecule has 2 atom stereocenters. The second-order valence-electron chi connectivity index (χ2n) is 8.91. The predicted molar refractivity (Wildman–Crippen MR) is 128 cm³/mol. The largest absolute Gasteiger partial charge is 0.325 e. The number of nitrogens with one attached hydrogen (secondary N) is 1. The number of sulfonamides is 2. The molecule has 1 saturated heterocycles. The molecule has 1 fully saturated rings. The number of anilines is 1. The minimum absolute atomic E-state index is 0.110. The van der Waals surface area contributed by atoms with Crippen molar-refractivity contribution in [1.82, 2.24) is 8.61 Å². The van der Waals surface area contributed by atoms with Crippen LogP contribution in [-0.4, -0.2) is 58.0 Å². The van der Waals surface area contributed by atoms with Crippen molar-refractivity contribution < 1.29 is 21.6 Å². The van der Waals surface area contributed by atoms with E-state index >= 15 is 0 Å². The molecule has 0 saturated carbocycles. The van der Waals surface area contributed by atoms with Crippen molar-refractivity contribution in [3.63, 3.8) is 0 Å². The maximum Gasteiger partial charge on any atom is 0.243 e. The average molecular weight is 494 g/mol. The van der Waals surface area contributed by atoms with Crippen LogP contribution in [0.1, 0.15) is 25.8 Å². The molecule has 2 unspecified atom stereocenters. The molecule has 0 spiro atoms. The molecule has 180 valence electrons. The van der Waals surface area contributed by atoms with Gasteiger partial charge < -0.3 is 5.32 Å². The van der Waals surface area contributed by atoms with Crippen LogP contribution in [0.2, 0.25) is 0 Å². The number of aryl methyl sites for hydroxylation is 1. The summed E-state index contributed by atoms with van der Waals surface area (Å²) in [7, 11) is -6.08. The van der Waals surface area contributed by atoms with Gasteiger partial charge in [-0.2, -0.15) is 8.61 Å². The fourth-order valence-corrected chi connectivity index (χ4v) is 6.85. The molecule has 0 bridgehead atoms. The lowest BCUT2D eigenvalue weighted by Crippen LogP contribution is -2.42. The van der Waals surface area contributed by atoms with Crippen LogP contribution in [0.15, 0.2) is 58.3 Å². The smallest absolute Gasteiger partial charge is 0.243 e. The lowest BCUT2D eigenvalue weighted by Gasteiger charge is -2.34. The van der Waals surface area contributed by atoms with Crippen molar-refractivity contribution >= 4 is 31.6 Å². The molecule has 2 aromatic carbocycles. The highest BCUT2D eigenvalue weighted by Crippen LogP contribution is 2.27. The third-order valence-electron chi connectivity index (χ3n) is 5.71. The SMILES string of the molecule is Cc1ccc(S(=O)(=O)N(C)CC(=O)Nc2ccc(S(=O)(=O)N3CC(C)CC(C)C3)cc2)cc1. The summed E-state index contributed by atoms with van der Waals surface area (Å²) in [6, 6.07) is 12.3. The maximum absolute atomic E-state index is 13.0. The van der Waals surface area contributed by atoms with Crippen molar-refractivity contribution in [3.05, 3.63) is 54.1 Å². The van der Waals surface area contributed by atoms with Crippen LogP contribution in [0.3, 0.4) is 0 Å². The fraction of sp³-hybridized carbons (Fsp3) is 0.435. The summed E-state index contributed by atoms with van der Waals surface area (Å²) in [4.78, 5) is 12.7. The number of hydrogen-bond donors (Lipinski definition) is 1. The number of piperidine rings is 1. The van der Waals surface area contributed by atoms with Gasteiger partial charge in [0.25, 0.3) is 0 Å². The van der Waals surface area contributed by atoms with Crippen LogP contribution in [0.5, 0.6) is 0 Å². The van der Waals surface area contributed by atoms with E-state index in [4.69, 9.17) is 0 Å². The van der Waals surface area contributed by atoms with Gasteiger partial charge in [0.1, 0.15) is 0 Å². The zero-order valence-electron chi connectivity index (χ0n) is 19.4. The Bertz CT molecular complexity index is 1180. The summed E-state index contributed by atoms with van der Waals surface area (Å²) in [5.41, 5.74) is 1.32. The summed E-state index contributed by atoms with van der Waals surface area (Å²) in [6.07, 6.45) is 1.01. The number of benzene rings is 2. The Balaban J connectivity index is 1.64. The molecule has 1 aliphatic heterocycles. The molecule has 8 nitrogen and oxygen atoms in total. The molecule has 1 N–H and O–H groups in total. The van der Waals surface area contributed by atoms with Gasteiger partial charge in [0.05, 0.1) is 16.3 Å². The van der Waals surface area contributed by atoms with E-state index in [0.29, 0.717) is 30.6 Å². The second kappa shape index (κ2) is 9.92. The quantitative estimate of drug-likeness (QED) is 0.639. The third-order valence-corrected chi connectivity index (χ3v) is 9.37. The standard InChI is InChI=1S/C23H31N3O5S2/c1-17-5-9-21(10-6-17)32(28,29)25(4)16-23(27)24-20-7-11-22(12-8-20)33(30,31)26-14-18(2)13-19(3)15-26/h5-12,18-19H,13-16H2,1-4H3,(H,24,27). The molecule has 0 radical (unpaired) electrons. The highest BCUT2D eigenvalue weighted by Gasteiger charge is 2.31. The molecule has 1 heterocycles. The number of likely N-dealkylation sites (N-methyl/N-ethyl adjacent to an activating group) is 1. The summed E-state index contributed by atoms with van der Waals surface area (Å²) < 4.78 is 53.8. The van der Waals surface area contributed by atoms with Gasteiger partial charge in [-0.25, -0.2) is 16.8 Å². The second-order valence-corrected chi connectivity index (χ2v) is 12.9. The first kappa shape index (κ1) is 25.4. The minimum atomic E-state index is -3.80. The minimum Gasteiger partial charge on any atom is -0.325 e. The number of carbonyl (C=O) groups excluding carboxylic acids is 1. The molecule has 0 aliphatic carbocycles. The summed E-state index contributed by atoms with van der Waals surface area (Å²) in [5, 5.41) is 2.62. The van der Waals surface area contributed by atoms with E-state index < -0.39 is 26.0 Å². The van der Waals surface area contributed by atoms with E-state index in [0.717, 1.165) is 16.3 Å². The fourth-order valence-electron chi connectivity index (χ4n) is 4.04. The van der Waals surface area contributed by atoms with Gasteiger partial charge in [-0.3, -0.25) is 4.79 Å². The van der Waals surface area contributed by atoms with E-state index in [1.54, 1.807) is 12.1 Å². The van der Waals surface area contributed by atoms with Gasteiger partial charge in [-0.05, 0) is 61.6 Å². The summed E-state index contributed by atoms with van der Waals surface area (Å²) in [6.45, 7) is 6.57. The number of nitrogens with zero attached hydrogens (tertiary/aromatic N) is 2. The number of hydrogen-bond acceptors (Lipinski definition) is 5. The van der Waals surface area contributed by atoms with E-state index in [9.17, 15) is 21.6 Å². The molecule has 3 rings (SSSR count). The molecule has 1 amide bonds. The molecule has 10 heteroatoms. The Hall–Kier alpha value is -2.27. The Morgan fingerprint density at radius 1 is 0.939 bits per heavy atom. The van der Waals surface area contributed by atoms with Crippen LogP contribution in [0.25, 0.3) is 0 Å². The molecular weight excluding hydrogens is 462 g/mol. The topological polar surface area (TPSA) is 104 Å². The first-order valence-corrected chi connectivity index (χ1v) is 13.7. The van der Waals surface area contributed by atoms with Gasteiger partial charge in [-0.1, -0.05) is 31.5 Å². The van der Waals surface area contributed by atoms with Crippen LogP contribution >= 0.6 is 0 Å². The number of carbonyl (C=O) groups is 1. The predicted octanol–water partition coefficient (Wildman–Crippen LogP) is 2.92. The van der Waals surface area contributed by atoms with Crippen molar-refractivity contribution in [3.8, 4) is 0 Å². The van der Waals surface area contributed by atoms with Crippen LogP contribution in [-0.2, 0) is 24.8 Å². The number of rotatable bonds is 7. The summed E-state index contributed by atoms with van der Waals surface area (Å²) in [5.74, 6) is 0.0769. The Kier molecular flexibility index (Phi) is 7.62. The van der Waals surface area contributed by atoms with Gasteiger partial charge in [0, 0.05) is 25.8 Å². The molecule has 0 aromatic heterocycles. The zero-order chi connectivity index (χ0) is 24.4. The summed E-state index contributed by atoms with van der Waals surface area (Å²) >= 11 is 0. The van der Waals surface area contributed by atoms with E-state index in [-0.39, 0.29) is 16.3 Å². The molecule has 1 aliphatic rings. The van der Waals surface area contributed by atoms with Crippen LogP contribution in [0.4, 0.5) is 5.69 Å². The van der Waals surface area contributed by atoms with Gasteiger partial charge in [-0.15, -0.1) is 0 Å². The van der Waals surface area contributed by atoms with Crippen molar-refractivity contribution in [2.75, 3.05) is 32.0 Å². The zero-order valence-corrected chi connectivity index (χ0v) is 21.0. The van der Waals surface area contributed by atoms with Gasteiger partial charge >= 0.3 is 0 Å². The first-order chi connectivity index (χ1) is 15.4. The maximum atomic E-state index is 13.0. The van der Waals surface area contributed by atoms with Crippen molar-refractivity contribution in [2.24, 2.45) is 11.8 Å². The van der Waals surface area contributed by atoms with E-state index in [2.05, 4.69) is 5.32 Å². The van der Waals surface area contributed by atoms with Crippen molar-refractivity contribution in [1.29, 1.82) is 0 Å². The van der Waals surface area contributed by atoms with E-state index in [1.165, 1.54) is 47.8 Å². The van der Waals surface area contributed by atoms with E-state index in [1.807, 2.05) is 20.8 Å². The lowest BCUT2D eigenvalue weighted by molar-refractivity contribution is -0.116. The average Bonchev–Trinajstić information content (AvgIpc) is 2.73. The Morgan fingerprint density at radius 3 is 2.00 bits per heavy atom.